The summed E-state index contributed by atoms with van der Waals surface area (Å²) in [5.41, 5.74) is 6.59. The molecule has 1 saturated heterocycles. The number of nitrogens with zero attached hydrogens (tertiary/aromatic N) is 3. The van der Waals surface area contributed by atoms with Gasteiger partial charge in [0.25, 0.3) is 5.91 Å². The lowest BCUT2D eigenvalue weighted by Gasteiger charge is -2.33. The van der Waals surface area contributed by atoms with Gasteiger partial charge in [0.05, 0.1) is 6.54 Å². The fraction of sp³-hybridized carbons (Fsp3) is 0.312. The highest BCUT2D eigenvalue weighted by molar-refractivity contribution is 7.13. The molecule has 1 aliphatic heterocycles. The Morgan fingerprint density at radius 3 is 2.46 bits per heavy atom. The highest BCUT2D eigenvalue weighted by Gasteiger charge is 2.24. The van der Waals surface area contributed by atoms with E-state index in [0.717, 1.165) is 10.6 Å². The molecule has 126 valence electrons. The van der Waals surface area contributed by atoms with Crippen molar-refractivity contribution in [3.05, 3.63) is 40.4 Å². The number of carbonyl (C=O) groups excluding carboxylic acids is 2. The highest BCUT2D eigenvalue weighted by atomic mass is 35.5. The Morgan fingerprint density at radius 2 is 1.83 bits per heavy atom. The van der Waals surface area contributed by atoms with Gasteiger partial charge in [0.15, 0.2) is 0 Å². The van der Waals surface area contributed by atoms with Crippen molar-refractivity contribution in [3.8, 4) is 10.6 Å². The lowest BCUT2D eigenvalue weighted by molar-refractivity contribution is -0.119. The van der Waals surface area contributed by atoms with Crippen LogP contribution in [0.2, 0.25) is 5.02 Å². The zero-order valence-corrected chi connectivity index (χ0v) is 14.5. The number of aromatic nitrogens is 1. The molecule has 2 amide bonds. The van der Waals surface area contributed by atoms with Crippen molar-refractivity contribution in [2.45, 2.75) is 0 Å². The third-order valence-corrected chi connectivity index (χ3v) is 5.00. The minimum Gasteiger partial charge on any atom is -0.369 e. The third kappa shape index (κ3) is 3.92. The van der Waals surface area contributed by atoms with Crippen LogP contribution in [-0.2, 0) is 4.79 Å². The summed E-state index contributed by atoms with van der Waals surface area (Å²) in [5, 5.41) is 3.24. The van der Waals surface area contributed by atoms with E-state index in [-0.39, 0.29) is 18.4 Å². The van der Waals surface area contributed by atoms with E-state index >= 15 is 0 Å². The molecule has 0 aliphatic carbocycles. The first-order valence-electron chi connectivity index (χ1n) is 7.54. The van der Waals surface area contributed by atoms with Crippen molar-refractivity contribution < 1.29 is 9.59 Å². The molecule has 0 radical (unpaired) electrons. The van der Waals surface area contributed by atoms with Crippen LogP contribution in [0, 0.1) is 0 Å². The molecule has 0 unspecified atom stereocenters. The van der Waals surface area contributed by atoms with Gasteiger partial charge in [-0.2, -0.15) is 0 Å². The van der Waals surface area contributed by atoms with Crippen LogP contribution in [-0.4, -0.2) is 59.3 Å². The number of nitrogens with two attached hydrogens (primary N) is 1. The molecule has 2 N–H and O–H groups in total. The van der Waals surface area contributed by atoms with Crippen LogP contribution in [0.5, 0.6) is 0 Å². The molecule has 1 aromatic carbocycles. The van der Waals surface area contributed by atoms with Gasteiger partial charge in [0, 0.05) is 42.1 Å². The Balaban J connectivity index is 1.64. The second kappa shape index (κ2) is 7.29. The third-order valence-electron chi connectivity index (χ3n) is 3.85. The van der Waals surface area contributed by atoms with Crippen LogP contribution in [0.1, 0.15) is 10.5 Å². The van der Waals surface area contributed by atoms with E-state index in [1.54, 1.807) is 22.4 Å². The zero-order valence-electron chi connectivity index (χ0n) is 12.9. The standard InChI is InChI=1S/C16H17ClN4O2S/c17-12-3-1-11(2-4-12)15-19-13(10-24-15)16(23)21-7-5-20(6-8-21)9-14(18)22/h1-4,10H,5-9H2,(H2,18,22). The summed E-state index contributed by atoms with van der Waals surface area (Å²) in [6.45, 7) is 2.66. The molecule has 1 aromatic heterocycles. The number of carbonyl (C=O) groups is 2. The van der Waals surface area contributed by atoms with Crippen molar-refractivity contribution in [2.75, 3.05) is 32.7 Å². The van der Waals surface area contributed by atoms with Crippen LogP contribution < -0.4 is 5.73 Å². The predicted molar refractivity (Wildman–Crippen MR) is 94.1 cm³/mol. The number of hydrogen-bond acceptors (Lipinski definition) is 5. The Kier molecular flexibility index (Phi) is 5.13. The monoisotopic (exact) mass is 364 g/mol. The quantitative estimate of drug-likeness (QED) is 0.895. The average Bonchev–Trinajstić information content (AvgIpc) is 3.05. The predicted octanol–water partition coefficient (Wildman–Crippen LogP) is 1.71. The largest absolute Gasteiger partial charge is 0.369 e. The Bertz CT molecular complexity index is 739. The minimum absolute atomic E-state index is 0.0785. The molecule has 0 bridgehead atoms. The summed E-state index contributed by atoms with van der Waals surface area (Å²) in [7, 11) is 0. The summed E-state index contributed by atoms with van der Waals surface area (Å²) in [6.07, 6.45) is 0. The van der Waals surface area contributed by atoms with Gasteiger partial charge in [-0.3, -0.25) is 14.5 Å². The fourth-order valence-electron chi connectivity index (χ4n) is 2.59. The van der Waals surface area contributed by atoms with Gasteiger partial charge >= 0.3 is 0 Å². The van der Waals surface area contributed by atoms with Crippen molar-refractivity contribution in [1.82, 2.24) is 14.8 Å². The Hall–Kier alpha value is -1.96. The molecule has 2 heterocycles. The van der Waals surface area contributed by atoms with E-state index in [0.29, 0.717) is 36.9 Å². The highest BCUT2D eigenvalue weighted by Crippen LogP contribution is 2.25. The zero-order chi connectivity index (χ0) is 17.1. The maximum atomic E-state index is 12.6. The van der Waals surface area contributed by atoms with Crippen LogP contribution in [0.25, 0.3) is 10.6 Å². The smallest absolute Gasteiger partial charge is 0.273 e. The first-order valence-corrected chi connectivity index (χ1v) is 8.80. The van der Waals surface area contributed by atoms with Crippen molar-refractivity contribution in [2.24, 2.45) is 5.73 Å². The summed E-state index contributed by atoms with van der Waals surface area (Å²) >= 11 is 7.33. The first kappa shape index (κ1) is 16.9. The molecule has 0 saturated carbocycles. The number of benzene rings is 1. The van der Waals surface area contributed by atoms with E-state index in [4.69, 9.17) is 17.3 Å². The summed E-state index contributed by atoms with van der Waals surface area (Å²) in [5.74, 6) is -0.424. The van der Waals surface area contributed by atoms with E-state index < -0.39 is 0 Å². The normalized spacial score (nSPS) is 15.5. The maximum Gasteiger partial charge on any atom is 0.273 e. The van der Waals surface area contributed by atoms with Gasteiger partial charge in [-0.05, 0) is 12.1 Å². The molecule has 0 atom stereocenters. The van der Waals surface area contributed by atoms with E-state index in [1.165, 1.54) is 11.3 Å². The number of rotatable bonds is 4. The Labute approximate surface area is 148 Å². The molecule has 0 spiro atoms. The Morgan fingerprint density at radius 1 is 1.17 bits per heavy atom. The maximum absolute atomic E-state index is 12.6. The minimum atomic E-state index is -0.345. The lowest BCUT2D eigenvalue weighted by atomic mass is 10.2. The average molecular weight is 365 g/mol. The van der Waals surface area contributed by atoms with E-state index in [1.807, 2.05) is 17.0 Å². The van der Waals surface area contributed by atoms with Gasteiger partial charge in [-0.1, -0.05) is 23.7 Å². The molecular weight excluding hydrogens is 348 g/mol. The topological polar surface area (TPSA) is 79.5 Å². The van der Waals surface area contributed by atoms with Crippen LogP contribution in [0.15, 0.2) is 29.6 Å². The van der Waals surface area contributed by atoms with Gasteiger partial charge in [0.2, 0.25) is 5.91 Å². The molecule has 24 heavy (non-hydrogen) atoms. The van der Waals surface area contributed by atoms with Gasteiger partial charge in [0.1, 0.15) is 10.7 Å². The van der Waals surface area contributed by atoms with Crippen molar-refractivity contribution in [3.63, 3.8) is 0 Å². The number of primary amides is 1. The van der Waals surface area contributed by atoms with Crippen LogP contribution in [0.4, 0.5) is 0 Å². The number of halogens is 1. The van der Waals surface area contributed by atoms with E-state index in [9.17, 15) is 9.59 Å². The molecule has 8 heteroatoms. The van der Waals surface area contributed by atoms with Gasteiger partial charge in [-0.15, -0.1) is 11.3 Å². The lowest BCUT2D eigenvalue weighted by Crippen LogP contribution is -2.50. The van der Waals surface area contributed by atoms with Gasteiger partial charge < -0.3 is 10.6 Å². The summed E-state index contributed by atoms with van der Waals surface area (Å²) in [4.78, 5) is 31.7. The molecule has 1 fully saturated rings. The molecule has 2 aromatic rings. The number of piperazine rings is 1. The SMILES string of the molecule is NC(=O)CN1CCN(C(=O)c2csc(-c3ccc(Cl)cc3)n2)CC1. The molecule has 1 aliphatic rings. The summed E-state index contributed by atoms with van der Waals surface area (Å²) < 4.78 is 0. The first-order chi connectivity index (χ1) is 11.5. The van der Waals surface area contributed by atoms with Crippen LogP contribution >= 0.6 is 22.9 Å². The molecular formula is C16H17ClN4O2S. The second-order valence-corrected chi connectivity index (χ2v) is 6.87. The molecule has 3 rings (SSSR count). The van der Waals surface area contributed by atoms with E-state index in [2.05, 4.69) is 4.98 Å². The fourth-order valence-corrected chi connectivity index (χ4v) is 3.51. The number of amides is 2. The summed E-state index contributed by atoms with van der Waals surface area (Å²) in [6, 6.07) is 7.38. The van der Waals surface area contributed by atoms with Crippen molar-refractivity contribution >= 4 is 34.8 Å². The molecule has 6 nitrogen and oxygen atoms in total. The van der Waals surface area contributed by atoms with Gasteiger partial charge in [-0.25, -0.2) is 4.98 Å². The van der Waals surface area contributed by atoms with Crippen molar-refractivity contribution in [1.29, 1.82) is 0 Å². The second-order valence-electron chi connectivity index (χ2n) is 5.58. The number of hydrogen-bond donors (Lipinski definition) is 1. The number of thiazole rings is 1. The van der Waals surface area contributed by atoms with Crippen LogP contribution in [0.3, 0.4) is 0 Å².